The number of hydrogen-bond acceptors (Lipinski definition) is 10. The van der Waals surface area contributed by atoms with Gasteiger partial charge in [-0.2, -0.15) is 13.4 Å². The van der Waals surface area contributed by atoms with Crippen molar-refractivity contribution in [1.82, 2.24) is 9.71 Å². The molecule has 1 unspecified atom stereocenters. The molecular formula is C25H45N5O8S. The second-order valence-corrected chi connectivity index (χ2v) is 11.3. The molecule has 1 aliphatic heterocycles. The minimum atomic E-state index is -4.78. The zero-order chi connectivity index (χ0) is 29.3. The Morgan fingerprint density at radius 3 is 2.08 bits per heavy atom. The van der Waals surface area contributed by atoms with Crippen LogP contribution in [0.1, 0.15) is 96.8 Å². The number of aromatic nitrogens is 2. The average Bonchev–Trinajstić information content (AvgIpc) is 2.88. The molecule has 0 spiro atoms. The highest BCUT2D eigenvalue weighted by Crippen LogP contribution is 2.17. The Kier molecular flexibility index (Phi) is 16.1. The number of piperidine rings is 1. The number of nitrogens with two attached hydrogens (primary N) is 1. The first-order valence-corrected chi connectivity index (χ1v) is 15.2. The minimum Gasteiger partial charge on any atom is -0.481 e. The van der Waals surface area contributed by atoms with Gasteiger partial charge in [0.2, 0.25) is 0 Å². The van der Waals surface area contributed by atoms with Gasteiger partial charge >= 0.3 is 11.9 Å². The van der Waals surface area contributed by atoms with Gasteiger partial charge in [0.15, 0.2) is 5.25 Å². The number of carbonyl (C=O) groups is 2. The number of rotatable bonds is 16. The number of carbonyl (C=O) groups excluding carboxylic acids is 1. The Bertz CT molecular complexity index is 1040. The zero-order valence-electron chi connectivity index (χ0n) is 22.9. The van der Waals surface area contributed by atoms with E-state index in [4.69, 9.17) is 25.5 Å². The molecule has 14 heteroatoms. The number of anilines is 2. The predicted octanol–water partition coefficient (Wildman–Crippen LogP) is 3.35. The van der Waals surface area contributed by atoms with Crippen LogP contribution in [-0.4, -0.2) is 69.9 Å². The molecule has 1 aromatic rings. The van der Waals surface area contributed by atoms with Crippen LogP contribution >= 0.6 is 0 Å². The number of carboxylic acids is 1. The lowest BCUT2D eigenvalue weighted by atomic mass is 10.1. The van der Waals surface area contributed by atoms with Crippen molar-refractivity contribution in [3.05, 3.63) is 11.7 Å². The molecule has 1 aliphatic rings. The van der Waals surface area contributed by atoms with E-state index in [1.165, 1.54) is 44.9 Å². The molecule has 0 radical (unpaired) electrons. The Morgan fingerprint density at radius 2 is 1.59 bits per heavy atom. The Labute approximate surface area is 230 Å². The largest absolute Gasteiger partial charge is 0.481 e. The van der Waals surface area contributed by atoms with Crippen molar-refractivity contribution in [3.63, 3.8) is 0 Å². The first-order chi connectivity index (χ1) is 18.5. The molecule has 1 fully saturated rings. The molecular weight excluding hydrogens is 530 g/mol. The maximum atomic E-state index is 11.6. The van der Waals surface area contributed by atoms with Gasteiger partial charge < -0.3 is 25.7 Å². The molecule has 2 heterocycles. The molecule has 0 aromatic carbocycles. The van der Waals surface area contributed by atoms with Gasteiger partial charge in [-0.05, 0) is 25.7 Å². The maximum Gasteiger partial charge on any atom is 0.327 e. The van der Waals surface area contributed by atoms with E-state index in [2.05, 4.69) is 16.8 Å². The van der Waals surface area contributed by atoms with E-state index in [0.717, 1.165) is 45.2 Å². The maximum absolute atomic E-state index is 11.6. The number of carboxylic acid groups (broad SMARTS) is 1. The van der Waals surface area contributed by atoms with E-state index in [9.17, 15) is 23.2 Å². The van der Waals surface area contributed by atoms with Crippen LogP contribution in [0.3, 0.4) is 0 Å². The van der Waals surface area contributed by atoms with Crippen molar-refractivity contribution in [2.75, 3.05) is 30.3 Å². The van der Waals surface area contributed by atoms with Crippen LogP contribution in [0.2, 0.25) is 0 Å². The summed E-state index contributed by atoms with van der Waals surface area (Å²) in [5.74, 6) is -1.87. The Balaban J connectivity index is 0.000000429. The van der Waals surface area contributed by atoms with Crippen LogP contribution in [0, 0.1) is 5.41 Å². The van der Waals surface area contributed by atoms with Gasteiger partial charge in [-0.3, -0.25) is 19.6 Å². The van der Waals surface area contributed by atoms with Gasteiger partial charge in [0.25, 0.3) is 15.7 Å². The molecule has 0 saturated carbocycles. The van der Waals surface area contributed by atoms with Gasteiger partial charge in [0, 0.05) is 19.2 Å². The van der Waals surface area contributed by atoms with Gasteiger partial charge in [-0.25, -0.2) is 0 Å². The first-order valence-electron chi connectivity index (χ1n) is 13.7. The van der Waals surface area contributed by atoms with Crippen LogP contribution in [0.25, 0.3) is 0 Å². The van der Waals surface area contributed by atoms with E-state index < -0.39 is 33.7 Å². The van der Waals surface area contributed by atoms with Crippen molar-refractivity contribution in [3.8, 4) is 0 Å². The molecule has 0 amide bonds. The highest BCUT2D eigenvalue weighted by atomic mass is 32.2. The summed E-state index contributed by atoms with van der Waals surface area (Å²) in [5, 5.41) is 23.2. The number of ether oxygens (including phenoxy) is 1. The van der Waals surface area contributed by atoms with Crippen molar-refractivity contribution in [2.45, 2.75) is 102 Å². The zero-order valence-corrected chi connectivity index (χ0v) is 23.7. The first kappa shape index (κ1) is 34.2. The summed E-state index contributed by atoms with van der Waals surface area (Å²) in [4.78, 5) is 28.2. The average molecular weight is 576 g/mol. The second-order valence-electron chi connectivity index (χ2n) is 9.67. The van der Waals surface area contributed by atoms with Gasteiger partial charge in [0.05, 0.1) is 13.0 Å². The SMILES string of the molecule is CCCCCCCCCCCCOC(=O)C(CC(=O)O)S(=O)(=O)O.N=c1nc(N2CCCCC2)cc(N)n1O. The standard InChI is InChI=1S/C16H30O7S.C9H15N5O/c1-2-3-4-5-6-7-8-9-10-11-12-23-16(19)14(13-15(17)18)24(20,21)22;10-7-6-8(12-9(11)14(7)15)13-4-2-1-3-5-13/h14H,2-13H2,1H3,(H,17,18)(H,20,21,22);6,11,15H,1-5,10H2. The van der Waals surface area contributed by atoms with E-state index >= 15 is 0 Å². The number of nitrogen functional groups attached to an aromatic ring is 1. The monoisotopic (exact) mass is 575 g/mol. The van der Waals surface area contributed by atoms with Crippen molar-refractivity contribution in [1.29, 1.82) is 5.41 Å². The highest BCUT2D eigenvalue weighted by molar-refractivity contribution is 7.87. The molecule has 2 rings (SSSR count). The number of hydrogen-bond donors (Lipinski definition) is 5. The quantitative estimate of drug-likeness (QED) is 0.0835. The third-order valence-corrected chi connectivity index (χ3v) is 7.43. The summed E-state index contributed by atoms with van der Waals surface area (Å²) in [7, 11) is -4.78. The summed E-state index contributed by atoms with van der Waals surface area (Å²) in [5.41, 5.74) is 5.33. The highest BCUT2D eigenvalue weighted by Gasteiger charge is 2.34. The molecule has 1 atom stereocenters. The molecule has 1 aromatic heterocycles. The van der Waals surface area contributed by atoms with E-state index in [-0.39, 0.29) is 18.0 Å². The smallest absolute Gasteiger partial charge is 0.327 e. The predicted molar refractivity (Wildman–Crippen MR) is 146 cm³/mol. The number of nitrogens with one attached hydrogen (secondary N) is 1. The van der Waals surface area contributed by atoms with Crippen LogP contribution in [0.4, 0.5) is 11.6 Å². The molecule has 39 heavy (non-hydrogen) atoms. The Hall–Kier alpha value is -2.87. The molecule has 1 saturated heterocycles. The summed E-state index contributed by atoms with van der Waals surface area (Å²) in [6, 6.07) is 1.60. The van der Waals surface area contributed by atoms with Crippen LogP contribution in [-0.2, 0) is 24.4 Å². The molecule has 0 aliphatic carbocycles. The summed E-state index contributed by atoms with van der Waals surface area (Å²) in [6.45, 7) is 4.11. The lowest BCUT2D eigenvalue weighted by Crippen LogP contribution is -2.34. The molecule has 0 bridgehead atoms. The van der Waals surface area contributed by atoms with Crippen LogP contribution in [0.5, 0.6) is 0 Å². The van der Waals surface area contributed by atoms with Crippen molar-refractivity contribution < 1.29 is 37.6 Å². The fourth-order valence-electron chi connectivity index (χ4n) is 4.11. The van der Waals surface area contributed by atoms with Crippen molar-refractivity contribution >= 4 is 33.7 Å². The number of unbranched alkanes of at least 4 members (excludes halogenated alkanes) is 9. The van der Waals surface area contributed by atoms with Crippen LogP contribution < -0.4 is 16.3 Å². The third-order valence-electron chi connectivity index (χ3n) is 6.35. The fraction of sp³-hybridized carbons (Fsp3) is 0.760. The topological polar surface area (TPSA) is 209 Å². The third kappa shape index (κ3) is 14.2. The fourth-order valence-corrected chi connectivity index (χ4v) is 4.78. The lowest BCUT2D eigenvalue weighted by molar-refractivity contribution is -0.147. The van der Waals surface area contributed by atoms with Gasteiger partial charge in [-0.1, -0.05) is 64.7 Å². The molecule has 13 nitrogen and oxygen atoms in total. The number of aliphatic carboxylic acids is 1. The molecule has 224 valence electrons. The molecule has 6 N–H and O–H groups in total. The summed E-state index contributed by atoms with van der Waals surface area (Å²) < 4.78 is 36.2. The van der Waals surface area contributed by atoms with E-state index in [0.29, 0.717) is 17.0 Å². The summed E-state index contributed by atoms with van der Waals surface area (Å²) >= 11 is 0. The van der Waals surface area contributed by atoms with Crippen LogP contribution in [0.15, 0.2) is 6.07 Å². The van der Waals surface area contributed by atoms with Crippen molar-refractivity contribution in [2.24, 2.45) is 0 Å². The summed E-state index contributed by atoms with van der Waals surface area (Å²) in [6.07, 6.45) is 13.6. The minimum absolute atomic E-state index is 0.0287. The number of nitrogens with zero attached hydrogens (tertiary/aromatic N) is 3. The lowest BCUT2D eigenvalue weighted by Gasteiger charge is -2.27. The van der Waals surface area contributed by atoms with Gasteiger partial charge in [-0.15, -0.1) is 4.73 Å². The van der Waals surface area contributed by atoms with E-state index in [1.807, 2.05) is 0 Å². The normalized spacial score (nSPS) is 14.3. The second kappa shape index (κ2) is 18.4. The van der Waals surface area contributed by atoms with Gasteiger partial charge in [0.1, 0.15) is 11.6 Å². The Morgan fingerprint density at radius 1 is 1.05 bits per heavy atom. The number of esters is 1. The van der Waals surface area contributed by atoms with E-state index in [1.54, 1.807) is 6.07 Å².